The van der Waals surface area contributed by atoms with Crippen LogP contribution in [0.5, 0.6) is 5.75 Å². The molecule has 0 saturated carbocycles. The first-order chi connectivity index (χ1) is 18.7. The van der Waals surface area contributed by atoms with Crippen molar-refractivity contribution in [2.75, 3.05) is 26.4 Å². The molecule has 0 aliphatic carbocycles. The zero-order valence-corrected chi connectivity index (χ0v) is 21.5. The second-order valence-corrected chi connectivity index (χ2v) is 8.62. The largest absolute Gasteiger partial charge is 0.491 e. The Morgan fingerprint density at radius 1 is 1.07 bits per heavy atom. The number of amides is 1. The molecule has 1 atom stereocenters. The van der Waals surface area contributed by atoms with Crippen LogP contribution < -0.4 is 15.8 Å². The third-order valence-electron chi connectivity index (χ3n) is 5.37. The van der Waals surface area contributed by atoms with Gasteiger partial charge < -0.3 is 30.9 Å². The van der Waals surface area contributed by atoms with E-state index >= 15 is 0 Å². The highest BCUT2D eigenvalue weighted by atomic mass is 19.4. The van der Waals surface area contributed by atoms with Crippen LogP contribution in [0.2, 0.25) is 0 Å². The summed E-state index contributed by atoms with van der Waals surface area (Å²) in [5.41, 5.74) is 7.03. The van der Waals surface area contributed by atoms with Crippen molar-refractivity contribution in [1.82, 2.24) is 15.2 Å². The van der Waals surface area contributed by atoms with E-state index in [1.807, 2.05) is 12.1 Å². The Labute approximate surface area is 226 Å². The lowest BCUT2D eigenvalue weighted by Gasteiger charge is -2.19. The molecule has 0 unspecified atom stereocenters. The van der Waals surface area contributed by atoms with Gasteiger partial charge in [0.05, 0.1) is 6.04 Å². The summed E-state index contributed by atoms with van der Waals surface area (Å²) in [4.78, 5) is 38.5. The maximum absolute atomic E-state index is 12.7. The lowest BCUT2D eigenvalue weighted by molar-refractivity contribution is -0.192. The summed E-state index contributed by atoms with van der Waals surface area (Å²) in [6, 6.07) is 13.4. The van der Waals surface area contributed by atoms with E-state index < -0.39 is 24.2 Å². The first kappa shape index (κ1) is 31.3. The lowest BCUT2D eigenvalue weighted by atomic mass is 10.1. The number of rotatable bonds is 9. The monoisotopic (exact) mass is 563 g/mol. The third kappa shape index (κ3) is 9.45. The minimum absolute atomic E-state index is 0.0913. The van der Waals surface area contributed by atoms with Crippen molar-refractivity contribution in [1.29, 1.82) is 5.41 Å². The molecule has 11 nitrogen and oxygen atoms in total. The highest BCUT2D eigenvalue weighted by Gasteiger charge is 2.38. The number of nitrogen functional groups attached to an aromatic ring is 1. The topological polar surface area (TPSA) is 179 Å². The lowest BCUT2D eigenvalue weighted by Crippen LogP contribution is -2.39. The summed E-state index contributed by atoms with van der Waals surface area (Å²) in [5, 5.41) is 28.7. The van der Waals surface area contributed by atoms with Gasteiger partial charge in [0.1, 0.15) is 24.0 Å². The number of ether oxygens (including phenoxy) is 1. The van der Waals surface area contributed by atoms with Crippen LogP contribution in [0.25, 0.3) is 10.8 Å². The number of fused-ring (bicyclic) bond motifs is 1. The summed E-state index contributed by atoms with van der Waals surface area (Å²) < 4.78 is 37.6. The minimum atomic E-state index is -5.08. The summed E-state index contributed by atoms with van der Waals surface area (Å²) in [7, 11) is 3.55. The highest BCUT2D eigenvalue weighted by molar-refractivity contribution is 5.99. The molecular weight excluding hydrogens is 535 g/mol. The molecule has 3 rings (SSSR count). The fourth-order valence-electron chi connectivity index (χ4n) is 3.26. The van der Waals surface area contributed by atoms with E-state index in [1.54, 1.807) is 61.6 Å². The maximum atomic E-state index is 12.7. The molecule has 40 heavy (non-hydrogen) atoms. The second kappa shape index (κ2) is 13.8. The van der Waals surface area contributed by atoms with E-state index in [9.17, 15) is 22.8 Å². The van der Waals surface area contributed by atoms with Gasteiger partial charge in [-0.2, -0.15) is 13.2 Å². The smallest absolute Gasteiger partial charge is 0.490 e. The number of carboxylic acids is 2. The number of hydrogen-bond donors (Lipinski definition) is 5. The molecule has 1 aromatic heterocycles. The van der Waals surface area contributed by atoms with Gasteiger partial charge in [0.2, 0.25) is 0 Å². The zero-order chi connectivity index (χ0) is 30.0. The molecule has 14 heteroatoms. The number of pyridine rings is 1. The molecule has 0 aliphatic heterocycles. The van der Waals surface area contributed by atoms with Crippen molar-refractivity contribution in [2.24, 2.45) is 0 Å². The molecule has 1 amide bonds. The number of alkyl halides is 3. The number of halogens is 3. The second-order valence-electron chi connectivity index (χ2n) is 8.62. The van der Waals surface area contributed by atoms with Gasteiger partial charge >= 0.3 is 18.1 Å². The van der Waals surface area contributed by atoms with E-state index in [0.29, 0.717) is 28.5 Å². The van der Waals surface area contributed by atoms with Crippen molar-refractivity contribution in [3.8, 4) is 5.75 Å². The number of benzene rings is 2. The van der Waals surface area contributed by atoms with Crippen LogP contribution in [0.15, 0.2) is 54.7 Å². The fourth-order valence-corrected chi connectivity index (χ4v) is 3.26. The third-order valence-corrected chi connectivity index (χ3v) is 5.37. The standard InChI is InChI=1S/C24H27N5O4.C2HF3O2/c1-29(2)23(26)16-3-5-17(6-4-16)24(32)28-18(8-10-21(30)31)14-33-19-9-7-15-11-12-27-22(25)20(15)13-19;3-2(4,5)1(6)7/h3-7,9,11-13,18,26H,8,10,14H2,1-2H3,(H2,25,27)(H,28,32)(H,30,31);(H,6,7)/t18-;/m1./s1. The Kier molecular flexibility index (Phi) is 10.8. The van der Waals surface area contributed by atoms with Gasteiger partial charge in [-0.05, 0) is 42.1 Å². The van der Waals surface area contributed by atoms with Gasteiger partial charge in [-0.15, -0.1) is 0 Å². The van der Waals surface area contributed by atoms with Crippen molar-refractivity contribution in [2.45, 2.75) is 25.1 Å². The number of nitrogens with one attached hydrogen (secondary N) is 2. The Morgan fingerprint density at radius 3 is 2.23 bits per heavy atom. The van der Waals surface area contributed by atoms with Gasteiger partial charge in [0.15, 0.2) is 0 Å². The van der Waals surface area contributed by atoms with E-state index in [-0.39, 0.29) is 25.4 Å². The predicted molar refractivity (Wildman–Crippen MR) is 140 cm³/mol. The number of anilines is 1. The quantitative estimate of drug-likeness (QED) is 0.193. The summed E-state index contributed by atoms with van der Waals surface area (Å²) >= 11 is 0. The van der Waals surface area contributed by atoms with Gasteiger partial charge in [-0.25, -0.2) is 9.78 Å². The average molecular weight is 564 g/mol. The van der Waals surface area contributed by atoms with Crippen molar-refractivity contribution >= 4 is 40.3 Å². The first-order valence-corrected chi connectivity index (χ1v) is 11.6. The number of aliphatic carboxylic acids is 2. The van der Waals surface area contributed by atoms with Crippen LogP contribution in [0, 0.1) is 5.41 Å². The molecule has 0 aliphatic rings. The maximum Gasteiger partial charge on any atom is 0.490 e. The van der Waals surface area contributed by atoms with Crippen molar-refractivity contribution in [3.05, 3.63) is 65.9 Å². The number of carbonyl (C=O) groups is 3. The van der Waals surface area contributed by atoms with Crippen LogP contribution in [0.3, 0.4) is 0 Å². The molecular formula is C26H28F3N5O6. The number of amidine groups is 1. The highest BCUT2D eigenvalue weighted by Crippen LogP contribution is 2.24. The van der Waals surface area contributed by atoms with Gasteiger partial charge in [0.25, 0.3) is 5.91 Å². The number of aromatic nitrogens is 1. The molecule has 1 heterocycles. The van der Waals surface area contributed by atoms with Crippen LogP contribution in [-0.4, -0.2) is 76.7 Å². The Balaban J connectivity index is 0.000000708. The molecule has 2 aromatic carbocycles. The van der Waals surface area contributed by atoms with E-state index in [2.05, 4.69) is 10.3 Å². The van der Waals surface area contributed by atoms with Crippen molar-refractivity contribution < 1.29 is 42.5 Å². The number of hydrogen-bond acceptors (Lipinski definition) is 7. The minimum Gasteiger partial charge on any atom is -0.491 e. The molecule has 0 bridgehead atoms. The van der Waals surface area contributed by atoms with Crippen LogP contribution in [0.1, 0.15) is 28.8 Å². The van der Waals surface area contributed by atoms with E-state index in [1.165, 1.54) is 0 Å². The fraction of sp³-hybridized carbons (Fsp3) is 0.269. The number of nitrogens with zero attached hydrogens (tertiary/aromatic N) is 2. The Morgan fingerprint density at radius 2 is 1.68 bits per heavy atom. The molecule has 6 N–H and O–H groups in total. The molecule has 0 radical (unpaired) electrons. The van der Waals surface area contributed by atoms with Gasteiger partial charge in [-0.3, -0.25) is 15.0 Å². The SMILES string of the molecule is CN(C)C(=N)c1ccc(C(=O)N[C@H](CCC(=O)O)COc2ccc3ccnc(N)c3c2)cc1.O=C(O)C(F)(F)F. The molecule has 0 saturated heterocycles. The molecule has 0 fully saturated rings. The Hall–Kier alpha value is -4.88. The average Bonchev–Trinajstić information content (AvgIpc) is 2.89. The molecule has 214 valence electrons. The normalized spacial score (nSPS) is 11.5. The molecule has 0 spiro atoms. The number of carbonyl (C=O) groups excluding carboxylic acids is 1. The number of carboxylic acid groups (broad SMARTS) is 2. The summed E-state index contributed by atoms with van der Waals surface area (Å²) in [6.45, 7) is 0.0913. The predicted octanol–water partition coefficient (Wildman–Crippen LogP) is 3.38. The van der Waals surface area contributed by atoms with E-state index in [0.717, 1.165) is 10.8 Å². The first-order valence-electron chi connectivity index (χ1n) is 11.6. The van der Waals surface area contributed by atoms with Gasteiger partial charge in [-0.1, -0.05) is 18.2 Å². The Bertz CT molecular complexity index is 1360. The number of nitrogens with two attached hydrogens (primary N) is 1. The summed E-state index contributed by atoms with van der Waals surface area (Å²) in [5.74, 6) is -2.79. The van der Waals surface area contributed by atoms with Crippen LogP contribution in [-0.2, 0) is 9.59 Å². The molecule has 3 aromatic rings. The zero-order valence-electron chi connectivity index (χ0n) is 21.5. The van der Waals surface area contributed by atoms with Gasteiger partial charge in [0, 0.05) is 43.2 Å². The van der Waals surface area contributed by atoms with Crippen LogP contribution in [0.4, 0.5) is 19.0 Å². The van der Waals surface area contributed by atoms with Crippen LogP contribution >= 0.6 is 0 Å². The van der Waals surface area contributed by atoms with E-state index in [4.69, 9.17) is 30.9 Å². The summed E-state index contributed by atoms with van der Waals surface area (Å²) in [6.07, 6.45) is -3.35. The van der Waals surface area contributed by atoms with Crippen molar-refractivity contribution in [3.63, 3.8) is 0 Å².